The highest BCUT2D eigenvalue weighted by molar-refractivity contribution is 9.10. The van der Waals surface area contributed by atoms with Crippen LogP contribution in [0.25, 0.3) is 0 Å². The standard InChI is InChI=1S/C17H17BrN2O2S/c1-19(11-15-3-2-8-23-15)17(22)12-9-16(21)20(10-12)14-6-4-13(18)5-7-14/h2-8,12H,9-11H2,1H3/t12-/m0/s1. The average Bonchev–Trinajstić information content (AvgIpc) is 3.17. The summed E-state index contributed by atoms with van der Waals surface area (Å²) in [6.07, 6.45) is 0.281. The van der Waals surface area contributed by atoms with Gasteiger partial charge in [-0.3, -0.25) is 9.59 Å². The molecule has 23 heavy (non-hydrogen) atoms. The maximum Gasteiger partial charge on any atom is 0.228 e. The summed E-state index contributed by atoms with van der Waals surface area (Å²) in [4.78, 5) is 29.4. The van der Waals surface area contributed by atoms with Gasteiger partial charge in [-0.05, 0) is 35.7 Å². The number of nitrogens with zero attached hydrogens (tertiary/aromatic N) is 2. The second kappa shape index (κ2) is 6.84. The van der Waals surface area contributed by atoms with Gasteiger partial charge < -0.3 is 9.80 Å². The van der Waals surface area contributed by atoms with Crippen molar-refractivity contribution in [2.75, 3.05) is 18.5 Å². The number of amides is 2. The number of hydrogen-bond acceptors (Lipinski definition) is 3. The third-order valence-corrected chi connectivity index (χ3v) is 5.35. The number of carbonyl (C=O) groups is 2. The summed E-state index contributed by atoms with van der Waals surface area (Å²) in [6, 6.07) is 11.6. The van der Waals surface area contributed by atoms with Gasteiger partial charge in [0, 0.05) is 35.1 Å². The van der Waals surface area contributed by atoms with E-state index in [0.717, 1.165) is 15.0 Å². The van der Waals surface area contributed by atoms with E-state index in [2.05, 4.69) is 15.9 Å². The Labute approximate surface area is 147 Å². The minimum Gasteiger partial charge on any atom is -0.340 e. The molecule has 3 rings (SSSR count). The highest BCUT2D eigenvalue weighted by atomic mass is 79.9. The Balaban J connectivity index is 1.66. The molecule has 0 aliphatic carbocycles. The predicted octanol–water partition coefficient (Wildman–Crippen LogP) is 3.52. The maximum absolute atomic E-state index is 12.6. The zero-order valence-electron chi connectivity index (χ0n) is 12.7. The van der Waals surface area contributed by atoms with Crippen molar-refractivity contribution < 1.29 is 9.59 Å². The largest absolute Gasteiger partial charge is 0.340 e. The lowest BCUT2D eigenvalue weighted by molar-refractivity contribution is -0.135. The van der Waals surface area contributed by atoms with Crippen LogP contribution in [0.5, 0.6) is 0 Å². The fourth-order valence-corrected chi connectivity index (χ4v) is 3.79. The molecule has 1 aromatic carbocycles. The van der Waals surface area contributed by atoms with Crippen molar-refractivity contribution in [3.8, 4) is 0 Å². The van der Waals surface area contributed by atoms with Crippen LogP contribution < -0.4 is 4.90 Å². The van der Waals surface area contributed by atoms with Crippen molar-refractivity contribution in [1.29, 1.82) is 0 Å². The van der Waals surface area contributed by atoms with E-state index in [1.54, 1.807) is 28.2 Å². The second-order valence-electron chi connectivity index (χ2n) is 5.66. The summed E-state index contributed by atoms with van der Waals surface area (Å²) in [5.41, 5.74) is 0.842. The van der Waals surface area contributed by atoms with Gasteiger partial charge in [0.2, 0.25) is 11.8 Å². The summed E-state index contributed by atoms with van der Waals surface area (Å²) in [6.45, 7) is 1.05. The molecule has 0 saturated carbocycles. The van der Waals surface area contributed by atoms with Gasteiger partial charge in [0.1, 0.15) is 0 Å². The first-order chi connectivity index (χ1) is 11.0. The van der Waals surface area contributed by atoms with Gasteiger partial charge >= 0.3 is 0 Å². The molecule has 4 nitrogen and oxygen atoms in total. The molecule has 1 aliphatic rings. The maximum atomic E-state index is 12.6. The minimum absolute atomic E-state index is 0.00944. The summed E-state index contributed by atoms with van der Waals surface area (Å²) in [7, 11) is 1.80. The van der Waals surface area contributed by atoms with Crippen molar-refractivity contribution in [2.45, 2.75) is 13.0 Å². The van der Waals surface area contributed by atoms with Gasteiger partial charge in [0.05, 0.1) is 12.5 Å². The third kappa shape index (κ3) is 3.64. The summed E-state index contributed by atoms with van der Waals surface area (Å²) in [5, 5.41) is 2.00. The molecule has 120 valence electrons. The molecule has 1 saturated heterocycles. The number of anilines is 1. The molecule has 0 spiro atoms. The number of halogens is 1. The minimum atomic E-state index is -0.267. The zero-order chi connectivity index (χ0) is 16.4. The van der Waals surface area contributed by atoms with Crippen molar-refractivity contribution in [1.82, 2.24) is 4.90 Å². The van der Waals surface area contributed by atoms with E-state index in [-0.39, 0.29) is 24.2 Å². The Kier molecular flexibility index (Phi) is 4.82. The lowest BCUT2D eigenvalue weighted by Gasteiger charge is -2.21. The summed E-state index contributed by atoms with van der Waals surface area (Å²) < 4.78 is 0.969. The van der Waals surface area contributed by atoms with E-state index in [0.29, 0.717) is 13.1 Å². The van der Waals surface area contributed by atoms with Gasteiger partial charge in [-0.15, -0.1) is 11.3 Å². The Morgan fingerprint density at radius 2 is 2.09 bits per heavy atom. The average molecular weight is 393 g/mol. The quantitative estimate of drug-likeness (QED) is 0.798. The van der Waals surface area contributed by atoms with Crippen LogP contribution in [0.1, 0.15) is 11.3 Å². The molecule has 1 atom stereocenters. The first-order valence-electron chi connectivity index (χ1n) is 7.38. The van der Waals surface area contributed by atoms with Crippen LogP contribution in [0.3, 0.4) is 0 Å². The molecule has 6 heteroatoms. The fraction of sp³-hybridized carbons (Fsp3) is 0.294. The van der Waals surface area contributed by atoms with Gasteiger partial charge in [-0.1, -0.05) is 22.0 Å². The number of benzene rings is 1. The second-order valence-corrected chi connectivity index (χ2v) is 7.60. The van der Waals surface area contributed by atoms with E-state index < -0.39 is 0 Å². The lowest BCUT2D eigenvalue weighted by atomic mass is 10.1. The molecule has 0 radical (unpaired) electrons. The van der Waals surface area contributed by atoms with Crippen LogP contribution in [-0.2, 0) is 16.1 Å². The van der Waals surface area contributed by atoms with Crippen LogP contribution in [-0.4, -0.2) is 30.3 Å². The van der Waals surface area contributed by atoms with Crippen molar-refractivity contribution in [2.24, 2.45) is 5.92 Å². The highest BCUT2D eigenvalue weighted by Crippen LogP contribution is 2.27. The number of hydrogen-bond donors (Lipinski definition) is 0. The molecule has 1 aliphatic heterocycles. The summed E-state index contributed by atoms with van der Waals surface area (Å²) >= 11 is 5.02. The predicted molar refractivity (Wildman–Crippen MR) is 95.4 cm³/mol. The molecule has 2 aromatic rings. The van der Waals surface area contributed by atoms with Gasteiger partial charge in [0.15, 0.2) is 0 Å². The molecule has 0 N–H and O–H groups in total. The van der Waals surface area contributed by atoms with Crippen molar-refractivity contribution in [3.63, 3.8) is 0 Å². The van der Waals surface area contributed by atoms with Crippen molar-refractivity contribution >= 4 is 44.8 Å². The SMILES string of the molecule is CN(Cc1cccs1)C(=O)[C@H]1CC(=O)N(c2ccc(Br)cc2)C1. The number of carbonyl (C=O) groups excluding carboxylic acids is 2. The molecule has 1 aromatic heterocycles. The van der Waals surface area contributed by atoms with E-state index in [1.165, 1.54) is 0 Å². The van der Waals surface area contributed by atoms with E-state index in [1.807, 2.05) is 41.8 Å². The van der Waals surface area contributed by atoms with E-state index >= 15 is 0 Å². The first-order valence-corrected chi connectivity index (χ1v) is 9.05. The van der Waals surface area contributed by atoms with Crippen LogP contribution in [0.15, 0.2) is 46.3 Å². The molecule has 0 bridgehead atoms. The molecule has 0 unspecified atom stereocenters. The Morgan fingerprint density at radius 3 is 2.74 bits per heavy atom. The van der Waals surface area contributed by atoms with Crippen LogP contribution in [0.2, 0.25) is 0 Å². The fourth-order valence-electron chi connectivity index (χ4n) is 2.77. The summed E-state index contributed by atoms with van der Waals surface area (Å²) in [5.74, 6) is -0.224. The molecule has 1 fully saturated rings. The lowest BCUT2D eigenvalue weighted by Crippen LogP contribution is -2.34. The highest BCUT2D eigenvalue weighted by Gasteiger charge is 2.36. The van der Waals surface area contributed by atoms with E-state index in [4.69, 9.17) is 0 Å². The van der Waals surface area contributed by atoms with Gasteiger partial charge in [0.25, 0.3) is 0 Å². The molecular formula is C17H17BrN2O2S. The van der Waals surface area contributed by atoms with Gasteiger partial charge in [-0.2, -0.15) is 0 Å². The first kappa shape index (κ1) is 16.2. The van der Waals surface area contributed by atoms with Crippen LogP contribution in [0, 0.1) is 5.92 Å². The Morgan fingerprint density at radius 1 is 1.35 bits per heavy atom. The number of thiophene rings is 1. The Bertz CT molecular complexity index is 700. The normalized spacial score (nSPS) is 17.6. The molecular weight excluding hydrogens is 376 g/mol. The molecule has 2 heterocycles. The Hall–Kier alpha value is -1.66. The van der Waals surface area contributed by atoms with Crippen molar-refractivity contribution in [3.05, 3.63) is 51.1 Å². The third-order valence-electron chi connectivity index (χ3n) is 3.96. The van der Waals surface area contributed by atoms with Crippen LogP contribution in [0.4, 0.5) is 5.69 Å². The zero-order valence-corrected chi connectivity index (χ0v) is 15.1. The van der Waals surface area contributed by atoms with Gasteiger partial charge in [-0.25, -0.2) is 0 Å². The molecule has 2 amide bonds. The topological polar surface area (TPSA) is 40.6 Å². The monoisotopic (exact) mass is 392 g/mol. The smallest absolute Gasteiger partial charge is 0.228 e. The number of rotatable bonds is 4. The van der Waals surface area contributed by atoms with Crippen LogP contribution >= 0.6 is 27.3 Å². The van der Waals surface area contributed by atoms with E-state index in [9.17, 15) is 9.59 Å².